The van der Waals surface area contributed by atoms with Gasteiger partial charge in [-0.2, -0.15) is 0 Å². The third-order valence-corrected chi connectivity index (χ3v) is 10.1. The molecule has 0 bridgehead atoms. The summed E-state index contributed by atoms with van der Waals surface area (Å²) in [5.74, 6) is 0.360. The van der Waals surface area contributed by atoms with E-state index in [1.807, 2.05) is 4.72 Å². The maximum Gasteiger partial charge on any atom is 0.333 e. The highest BCUT2D eigenvalue weighted by Gasteiger charge is 2.25. The van der Waals surface area contributed by atoms with Crippen LogP contribution in [0, 0.1) is 6.92 Å². The lowest BCUT2D eigenvalue weighted by molar-refractivity contribution is 0.256. The molecule has 196 valence electrons. The second-order valence-electron chi connectivity index (χ2n) is 8.30. The Hall–Kier alpha value is -3.72. The van der Waals surface area contributed by atoms with Gasteiger partial charge in [-0.25, -0.2) is 31.3 Å². The Balaban J connectivity index is 1.44. The molecular formula is C23H18ClN5O6S3. The zero-order valence-electron chi connectivity index (χ0n) is 19.6. The zero-order valence-corrected chi connectivity index (χ0v) is 22.8. The van der Waals surface area contributed by atoms with Crippen molar-refractivity contribution in [3.05, 3.63) is 80.3 Å². The minimum atomic E-state index is -4.09. The average Bonchev–Trinajstić information content (AvgIpc) is 3.26. The first-order chi connectivity index (χ1) is 17.8. The molecule has 1 aliphatic rings. The minimum absolute atomic E-state index is 0.0183. The molecule has 15 heteroatoms. The number of allylic oxidation sites excluding steroid dienone is 1. The molecular weight excluding hydrogens is 574 g/mol. The highest BCUT2D eigenvalue weighted by molar-refractivity contribution is 7.92. The maximum absolute atomic E-state index is 13.4. The number of benzene rings is 2. The maximum atomic E-state index is 13.4. The van der Waals surface area contributed by atoms with Crippen LogP contribution in [-0.4, -0.2) is 32.4 Å². The lowest BCUT2D eigenvalue weighted by atomic mass is 10.1. The van der Waals surface area contributed by atoms with E-state index in [4.69, 9.17) is 11.6 Å². The summed E-state index contributed by atoms with van der Waals surface area (Å²) in [5.41, 5.74) is 1.44. The molecule has 2 aromatic heterocycles. The van der Waals surface area contributed by atoms with Crippen molar-refractivity contribution in [2.75, 3.05) is 5.32 Å². The number of anilines is 1. The highest BCUT2D eigenvalue weighted by Crippen LogP contribution is 2.28. The minimum Gasteiger partial charge on any atom is -0.307 e. The number of carbonyl (C=O) groups is 1. The fourth-order valence-corrected chi connectivity index (χ4v) is 7.67. The van der Waals surface area contributed by atoms with E-state index in [9.17, 15) is 26.4 Å². The van der Waals surface area contributed by atoms with E-state index in [0.717, 1.165) is 11.3 Å². The molecule has 2 aromatic carbocycles. The van der Waals surface area contributed by atoms with Gasteiger partial charge in [-0.1, -0.05) is 11.6 Å². The number of sulfonamides is 2. The number of fused-ring (bicyclic) bond motifs is 2. The predicted octanol–water partition coefficient (Wildman–Crippen LogP) is 3.57. The molecule has 0 unspecified atom stereocenters. The van der Waals surface area contributed by atoms with Crippen LogP contribution < -0.4 is 20.3 Å². The van der Waals surface area contributed by atoms with Crippen LogP contribution in [0.2, 0.25) is 4.34 Å². The first-order valence-corrected chi connectivity index (χ1v) is 15.0. The van der Waals surface area contributed by atoms with Gasteiger partial charge in [0, 0.05) is 11.4 Å². The van der Waals surface area contributed by atoms with Gasteiger partial charge in [0.25, 0.3) is 25.6 Å². The number of amides is 2. The van der Waals surface area contributed by atoms with Gasteiger partial charge in [-0.3, -0.25) is 14.1 Å². The van der Waals surface area contributed by atoms with Gasteiger partial charge >= 0.3 is 6.03 Å². The average molecular weight is 592 g/mol. The first kappa shape index (κ1) is 25.9. The third-order valence-electron chi connectivity index (χ3n) is 5.55. The molecule has 38 heavy (non-hydrogen) atoms. The Morgan fingerprint density at radius 1 is 1.11 bits per heavy atom. The van der Waals surface area contributed by atoms with Crippen LogP contribution in [0.5, 0.6) is 0 Å². The highest BCUT2D eigenvalue weighted by atomic mass is 35.5. The van der Waals surface area contributed by atoms with Gasteiger partial charge < -0.3 is 5.32 Å². The SMILES string of the molecule is CC1=Cc2cc3nc(C)n(-c4ccc(NC(=O)NS(=O)(=O)c5ccc(Cl)s5)cc4)c(=O)c3cc2S(=O)(=O)N1. The van der Waals surface area contributed by atoms with E-state index in [-0.39, 0.29) is 24.5 Å². The summed E-state index contributed by atoms with van der Waals surface area (Å²) in [7, 11) is -7.92. The second kappa shape index (κ2) is 9.23. The number of hydrogen-bond acceptors (Lipinski definition) is 8. The lowest BCUT2D eigenvalue weighted by Crippen LogP contribution is -2.33. The molecule has 0 spiro atoms. The van der Waals surface area contributed by atoms with Crippen molar-refractivity contribution >= 4 is 71.7 Å². The van der Waals surface area contributed by atoms with E-state index in [2.05, 4.69) is 15.0 Å². The number of aryl methyl sites for hydroxylation is 1. The lowest BCUT2D eigenvalue weighted by Gasteiger charge is -2.18. The molecule has 5 rings (SSSR count). The molecule has 0 saturated heterocycles. The molecule has 0 aliphatic carbocycles. The summed E-state index contributed by atoms with van der Waals surface area (Å²) in [4.78, 5) is 30.1. The summed E-state index contributed by atoms with van der Waals surface area (Å²) >= 11 is 6.58. The van der Waals surface area contributed by atoms with Crippen LogP contribution in [0.15, 0.2) is 68.1 Å². The van der Waals surface area contributed by atoms with Crippen LogP contribution in [-0.2, 0) is 20.0 Å². The topological polar surface area (TPSA) is 156 Å². The molecule has 3 heterocycles. The summed E-state index contributed by atoms with van der Waals surface area (Å²) in [6.45, 7) is 3.27. The number of carbonyl (C=O) groups excluding carboxylic acids is 1. The van der Waals surface area contributed by atoms with Crippen molar-refractivity contribution in [2.24, 2.45) is 0 Å². The summed E-state index contributed by atoms with van der Waals surface area (Å²) in [6.07, 6.45) is 1.67. The van der Waals surface area contributed by atoms with Gasteiger partial charge in [-0.05, 0) is 74.0 Å². The number of halogens is 1. The van der Waals surface area contributed by atoms with Gasteiger partial charge in [0.1, 0.15) is 10.0 Å². The summed E-state index contributed by atoms with van der Waals surface area (Å²) in [6, 6.07) is 10.6. The van der Waals surface area contributed by atoms with Crippen LogP contribution >= 0.6 is 22.9 Å². The number of thiophene rings is 1. The van der Waals surface area contributed by atoms with Gasteiger partial charge in [0.2, 0.25) is 0 Å². The summed E-state index contributed by atoms with van der Waals surface area (Å²) < 4.78 is 55.6. The van der Waals surface area contributed by atoms with E-state index >= 15 is 0 Å². The van der Waals surface area contributed by atoms with Gasteiger partial charge in [0.05, 0.1) is 25.8 Å². The van der Waals surface area contributed by atoms with Crippen molar-refractivity contribution in [3.63, 3.8) is 0 Å². The van der Waals surface area contributed by atoms with Crippen LogP contribution in [0.3, 0.4) is 0 Å². The largest absolute Gasteiger partial charge is 0.333 e. The smallest absolute Gasteiger partial charge is 0.307 e. The van der Waals surface area contributed by atoms with Gasteiger partial charge in [0.15, 0.2) is 0 Å². The third kappa shape index (κ3) is 4.78. The van der Waals surface area contributed by atoms with E-state index in [1.54, 1.807) is 26.0 Å². The second-order valence-corrected chi connectivity index (χ2v) is 13.6. The van der Waals surface area contributed by atoms with Crippen LogP contribution in [0.25, 0.3) is 22.7 Å². The van der Waals surface area contributed by atoms with Crippen molar-refractivity contribution in [3.8, 4) is 5.69 Å². The molecule has 4 aromatic rings. The number of aromatic nitrogens is 2. The first-order valence-electron chi connectivity index (χ1n) is 10.8. The molecule has 0 fully saturated rings. The monoisotopic (exact) mass is 591 g/mol. The Morgan fingerprint density at radius 3 is 2.47 bits per heavy atom. The van der Waals surface area contributed by atoms with Crippen molar-refractivity contribution in [2.45, 2.75) is 23.0 Å². The van der Waals surface area contributed by atoms with Crippen LogP contribution in [0.1, 0.15) is 18.3 Å². The van der Waals surface area contributed by atoms with Crippen molar-refractivity contribution in [1.82, 2.24) is 19.0 Å². The van der Waals surface area contributed by atoms with Gasteiger partial charge in [-0.15, -0.1) is 11.3 Å². The molecule has 0 saturated carbocycles. The molecule has 0 atom stereocenters. The summed E-state index contributed by atoms with van der Waals surface area (Å²) in [5, 5.41) is 2.54. The van der Waals surface area contributed by atoms with Crippen molar-refractivity contribution in [1.29, 1.82) is 0 Å². The normalized spacial score (nSPS) is 14.3. The number of rotatable bonds is 4. The molecule has 3 N–H and O–H groups in total. The molecule has 2 amide bonds. The number of hydrogen-bond donors (Lipinski definition) is 3. The fourth-order valence-electron chi connectivity index (χ4n) is 3.98. The number of urea groups is 1. The Labute approximate surface area is 225 Å². The quantitative estimate of drug-likeness (QED) is 0.327. The van der Waals surface area contributed by atoms with E-state index < -0.39 is 31.6 Å². The standard InChI is InChI=1S/C23H18ClN5O6S3/c1-12-9-14-10-18-17(11-19(14)37(32,33)27-12)22(30)29(13(2)25-18)16-5-3-15(4-6-16)26-23(31)28-38(34,35)21-8-7-20(24)36-21/h3-11,27H,1-2H3,(H2,26,28,31). The molecule has 0 radical (unpaired) electrons. The van der Waals surface area contributed by atoms with Crippen LogP contribution in [0.4, 0.5) is 10.5 Å². The Kier molecular flexibility index (Phi) is 6.30. The Bertz CT molecular complexity index is 1950. The van der Waals surface area contributed by atoms with E-state index in [0.29, 0.717) is 28.3 Å². The predicted molar refractivity (Wildman–Crippen MR) is 145 cm³/mol. The fraction of sp³-hybridized carbons (Fsp3) is 0.0870. The number of nitrogens with one attached hydrogen (secondary N) is 3. The number of nitrogens with zero attached hydrogens (tertiary/aromatic N) is 2. The Morgan fingerprint density at radius 2 is 1.82 bits per heavy atom. The molecule has 1 aliphatic heterocycles. The molecule has 11 nitrogen and oxygen atoms in total. The van der Waals surface area contributed by atoms with Crippen molar-refractivity contribution < 1.29 is 21.6 Å². The zero-order chi connectivity index (χ0) is 27.4. The van der Waals surface area contributed by atoms with E-state index in [1.165, 1.54) is 47.0 Å².